The van der Waals surface area contributed by atoms with E-state index in [-0.39, 0.29) is 17.0 Å². The minimum Gasteiger partial charge on any atom is -1.00 e. The molecule has 1 aromatic carbocycles. The first-order valence-corrected chi connectivity index (χ1v) is 8.76. The molecule has 130 valence electrons. The van der Waals surface area contributed by atoms with Crippen LogP contribution in [0.3, 0.4) is 0 Å². The van der Waals surface area contributed by atoms with Crippen molar-refractivity contribution in [3.05, 3.63) is 67.1 Å². The maximum absolute atomic E-state index is 4.80. The van der Waals surface area contributed by atoms with E-state index in [1.165, 1.54) is 20.6 Å². The fourth-order valence-corrected chi connectivity index (χ4v) is 3.71. The fourth-order valence-electron chi connectivity index (χ4n) is 2.67. The second kappa shape index (κ2) is 8.41. The molecule has 0 saturated heterocycles. The average molecular weight is 416 g/mol. The molecular formula is C20H22BrN3S. The molecule has 25 heavy (non-hydrogen) atoms. The van der Waals surface area contributed by atoms with E-state index in [4.69, 9.17) is 4.98 Å². The normalized spacial score (nSPS) is 10.3. The van der Waals surface area contributed by atoms with Crippen molar-refractivity contribution in [2.45, 2.75) is 0 Å². The molecule has 0 spiro atoms. The first-order chi connectivity index (χ1) is 11.6. The molecule has 1 aliphatic heterocycles. The molecule has 0 bridgehead atoms. The van der Waals surface area contributed by atoms with Gasteiger partial charge in [0.1, 0.15) is 14.1 Å². The van der Waals surface area contributed by atoms with Gasteiger partial charge in [-0.25, -0.2) is 9.56 Å². The highest BCUT2D eigenvalue weighted by Crippen LogP contribution is 2.31. The van der Waals surface area contributed by atoms with Crippen molar-refractivity contribution in [2.75, 3.05) is 32.1 Å². The van der Waals surface area contributed by atoms with Crippen molar-refractivity contribution in [1.29, 1.82) is 0 Å². The number of aromatic nitrogens is 1. The molecule has 0 N–H and O–H groups in total. The lowest BCUT2D eigenvalue weighted by atomic mass is 10.2. The van der Waals surface area contributed by atoms with E-state index in [2.05, 4.69) is 73.1 Å². The number of halogens is 1. The maximum atomic E-state index is 4.80. The van der Waals surface area contributed by atoms with Crippen LogP contribution in [0, 0.1) is 0 Å². The molecule has 5 heteroatoms. The monoisotopic (exact) mass is 415 g/mol. The fraction of sp³-hybridized carbons (Fsp3) is 0.200. The Morgan fingerprint density at radius 1 is 1.08 bits per heavy atom. The van der Waals surface area contributed by atoms with Gasteiger partial charge in [0.05, 0.1) is 20.8 Å². The van der Waals surface area contributed by atoms with Gasteiger partial charge in [0.2, 0.25) is 5.36 Å². The number of hydrogen-bond donors (Lipinski definition) is 0. The average Bonchev–Trinajstić information content (AvgIpc) is 2.58. The second-order valence-corrected chi connectivity index (χ2v) is 6.98. The molecule has 0 radical (unpaired) electrons. The van der Waals surface area contributed by atoms with E-state index in [1.54, 1.807) is 11.3 Å². The summed E-state index contributed by atoms with van der Waals surface area (Å²) in [6.07, 6.45) is 3.83. The first-order valence-electron chi connectivity index (χ1n) is 7.94. The zero-order valence-electron chi connectivity index (χ0n) is 14.6. The van der Waals surface area contributed by atoms with Gasteiger partial charge in [-0.3, -0.25) is 0 Å². The third kappa shape index (κ3) is 4.17. The maximum Gasteiger partial charge on any atom is 0.201 e. The summed E-state index contributed by atoms with van der Waals surface area (Å²) in [7, 11) is 4.11. The molecule has 0 atom stereocenters. The number of fused-ring (bicyclic) bond motifs is 2. The predicted octanol–water partition coefficient (Wildman–Crippen LogP) is 0.615. The van der Waals surface area contributed by atoms with Gasteiger partial charge < -0.3 is 21.9 Å². The second-order valence-electron chi connectivity index (χ2n) is 5.89. The molecule has 0 saturated carbocycles. The molecule has 0 aromatic heterocycles. The molecule has 1 aliphatic carbocycles. The summed E-state index contributed by atoms with van der Waals surface area (Å²) in [5.74, 6) is 0. The molecule has 1 aromatic rings. The standard InChI is InChI=1S/C20H22N3S.BrH/c1-5-11-23(12-6-2)16-8-10-18-20(14-16)24-19-13-15(22(3)4)7-9-17(19)21-18;/h5-10,13-14H,1-2,11-12H2,3-4H3;1H/q+1;/p-1. The largest absolute Gasteiger partial charge is 1.00 e. The molecule has 3 nitrogen and oxygen atoms in total. The Balaban J connectivity index is 0.00000225. The molecule has 1 heterocycles. The van der Waals surface area contributed by atoms with E-state index in [1.807, 2.05) is 12.2 Å². The summed E-state index contributed by atoms with van der Waals surface area (Å²) in [6.45, 7) is 9.29. The van der Waals surface area contributed by atoms with Gasteiger partial charge in [-0.05, 0) is 24.3 Å². The van der Waals surface area contributed by atoms with Crippen molar-refractivity contribution < 1.29 is 17.0 Å². The highest BCUT2D eigenvalue weighted by molar-refractivity contribution is 7.21. The number of hydrogen-bond acceptors (Lipinski definition) is 3. The van der Waals surface area contributed by atoms with Crippen LogP contribution in [-0.4, -0.2) is 32.2 Å². The van der Waals surface area contributed by atoms with Gasteiger partial charge in [0.25, 0.3) is 0 Å². The van der Waals surface area contributed by atoms with Crippen LogP contribution in [0.25, 0.3) is 20.8 Å². The van der Waals surface area contributed by atoms with Crippen LogP contribution in [0.2, 0.25) is 0 Å². The third-order valence-electron chi connectivity index (χ3n) is 3.93. The zero-order valence-corrected chi connectivity index (χ0v) is 17.0. The Morgan fingerprint density at radius 3 is 2.44 bits per heavy atom. The third-order valence-corrected chi connectivity index (χ3v) is 5.02. The van der Waals surface area contributed by atoms with Gasteiger partial charge in [0, 0.05) is 30.9 Å². The summed E-state index contributed by atoms with van der Waals surface area (Å²) in [4.78, 5) is 8.25. The molecule has 0 unspecified atom stereocenters. The number of anilines is 1. The Hall–Kier alpha value is -1.98. The molecule has 3 rings (SSSR count). The van der Waals surface area contributed by atoms with Crippen LogP contribution < -0.4 is 31.8 Å². The van der Waals surface area contributed by atoms with Crippen molar-refractivity contribution in [3.63, 3.8) is 0 Å². The summed E-state index contributed by atoms with van der Waals surface area (Å²) in [6, 6.07) is 12.8. The van der Waals surface area contributed by atoms with Gasteiger partial charge in [-0.15, -0.1) is 24.5 Å². The minimum absolute atomic E-state index is 0. The number of nitrogens with zero attached hydrogens (tertiary/aromatic N) is 3. The van der Waals surface area contributed by atoms with Crippen LogP contribution in [0.4, 0.5) is 5.69 Å². The lowest BCUT2D eigenvalue weighted by Crippen LogP contribution is -3.00. The number of rotatable bonds is 5. The van der Waals surface area contributed by atoms with Crippen LogP contribution in [0.15, 0.2) is 61.7 Å². The van der Waals surface area contributed by atoms with Gasteiger partial charge in [-0.2, -0.15) is 0 Å². The summed E-state index contributed by atoms with van der Waals surface area (Å²) < 4.78 is 3.30. The zero-order chi connectivity index (χ0) is 17.1. The summed E-state index contributed by atoms with van der Waals surface area (Å²) >= 11 is 1.78. The Kier molecular flexibility index (Phi) is 6.51. The van der Waals surface area contributed by atoms with Crippen LogP contribution >= 0.6 is 11.3 Å². The number of benzene rings is 2. The summed E-state index contributed by atoms with van der Waals surface area (Å²) in [5.41, 5.74) is 3.24. The first kappa shape index (κ1) is 19.3. The Bertz CT molecular complexity index is 931. The highest BCUT2D eigenvalue weighted by Gasteiger charge is 2.10. The van der Waals surface area contributed by atoms with Crippen LogP contribution in [0.1, 0.15) is 0 Å². The van der Waals surface area contributed by atoms with Crippen molar-refractivity contribution in [3.8, 4) is 10.6 Å². The van der Waals surface area contributed by atoms with Gasteiger partial charge in [-0.1, -0.05) is 12.2 Å². The molecule has 0 amide bonds. The smallest absolute Gasteiger partial charge is 0.201 e. The lowest BCUT2D eigenvalue weighted by Gasteiger charge is -2.22. The van der Waals surface area contributed by atoms with E-state index in [0.717, 1.165) is 24.3 Å². The van der Waals surface area contributed by atoms with Crippen molar-refractivity contribution in [1.82, 2.24) is 9.56 Å². The predicted molar refractivity (Wildman–Crippen MR) is 106 cm³/mol. The van der Waals surface area contributed by atoms with E-state index < -0.39 is 0 Å². The quantitative estimate of drug-likeness (QED) is 0.345. The van der Waals surface area contributed by atoms with Crippen molar-refractivity contribution >= 4 is 27.2 Å². The van der Waals surface area contributed by atoms with E-state index in [9.17, 15) is 0 Å². The van der Waals surface area contributed by atoms with Gasteiger partial charge in [0.15, 0.2) is 0 Å². The van der Waals surface area contributed by atoms with Gasteiger partial charge >= 0.3 is 0 Å². The topological polar surface area (TPSA) is 19.1 Å². The Morgan fingerprint density at radius 2 is 1.80 bits per heavy atom. The van der Waals surface area contributed by atoms with Crippen LogP contribution in [0.5, 0.6) is 0 Å². The Labute approximate surface area is 163 Å². The SMILES string of the molecule is C=CCN(CC=C)c1ccc2nc3ccc(=[N+](C)C)cc-3sc2c1.[Br-]. The minimum atomic E-state index is 0. The van der Waals surface area contributed by atoms with Crippen molar-refractivity contribution in [2.24, 2.45) is 0 Å². The van der Waals surface area contributed by atoms with Crippen LogP contribution in [-0.2, 0) is 0 Å². The van der Waals surface area contributed by atoms with E-state index >= 15 is 0 Å². The summed E-state index contributed by atoms with van der Waals surface area (Å²) in [5, 5.41) is 1.19. The molecule has 2 aliphatic rings. The highest BCUT2D eigenvalue weighted by atomic mass is 79.9. The lowest BCUT2D eigenvalue weighted by molar-refractivity contribution is -0.00000481. The van der Waals surface area contributed by atoms with E-state index in [0.29, 0.717) is 0 Å². The molecule has 0 fully saturated rings. The molecular weight excluding hydrogens is 394 g/mol.